The average Bonchev–Trinajstić information content (AvgIpc) is 2.52. The van der Waals surface area contributed by atoms with Crippen molar-refractivity contribution >= 4 is 30.3 Å². The molecule has 2 N–H and O–H groups in total. The topological polar surface area (TPSA) is 74.3 Å². The van der Waals surface area contributed by atoms with E-state index in [0.717, 1.165) is 18.7 Å². The molecular formula is C15H21ClN4O2. The Labute approximate surface area is 136 Å². The zero-order chi connectivity index (χ0) is 15.2. The second-order valence-corrected chi connectivity index (χ2v) is 5.00. The van der Waals surface area contributed by atoms with Gasteiger partial charge in [-0.15, -0.1) is 12.4 Å². The number of hydrogen-bond acceptors (Lipinski definition) is 4. The van der Waals surface area contributed by atoms with Crippen LogP contribution in [0.1, 0.15) is 22.8 Å². The minimum Gasteiger partial charge on any atom is -0.355 e. The first kappa shape index (κ1) is 18.1. The fraction of sp³-hybridized carbons (Fsp3) is 0.400. The van der Waals surface area contributed by atoms with Crippen molar-refractivity contribution in [2.24, 2.45) is 0 Å². The average molecular weight is 325 g/mol. The fourth-order valence-corrected chi connectivity index (χ4v) is 2.25. The summed E-state index contributed by atoms with van der Waals surface area (Å²) in [6, 6.07) is 1.89. The number of nitrogens with one attached hydrogen (secondary N) is 2. The lowest BCUT2D eigenvalue weighted by molar-refractivity contribution is -0.128. The van der Waals surface area contributed by atoms with E-state index in [1.165, 1.54) is 12.3 Å². The van der Waals surface area contributed by atoms with E-state index in [1.807, 2.05) is 11.8 Å². The summed E-state index contributed by atoms with van der Waals surface area (Å²) in [7, 11) is 1.57. The Morgan fingerprint density at radius 1 is 1.45 bits per heavy atom. The first-order valence-corrected chi connectivity index (χ1v) is 6.98. The van der Waals surface area contributed by atoms with Gasteiger partial charge in [-0.05, 0) is 24.6 Å². The van der Waals surface area contributed by atoms with Crippen molar-refractivity contribution in [3.05, 3.63) is 35.7 Å². The monoisotopic (exact) mass is 324 g/mol. The Hall–Kier alpha value is -1.92. The molecule has 2 rings (SSSR count). The molecule has 1 aromatic heterocycles. The number of nitrogens with zero attached hydrogens (tertiary/aromatic N) is 2. The third-order valence-corrected chi connectivity index (χ3v) is 3.45. The Bertz CT molecular complexity index is 562. The van der Waals surface area contributed by atoms with Crippen molar-refractivity contribution in [2.75, 3.05) is 26.7 Å². The van der Waals surface area contributed by atoms with Crippen LogP contribution in [-0.2, 0) is 4.79 Å². The standard InChI is InChI=1S/C15H20N4O2.ClH/c1-11-8-17-5-6-19(11)14(20)4-3-12-7-13(10-18-9-12)15(21)16-2;/h3-4,7,9-11,17H,5-6,8H2,1-2H3,(H,16,21);1H. The van der Waals surface area contributed by atoms with E-state index >= 15 is 0 Å². The number of halogens is 1. The van der Waals surface area contributed by atoms with Crippen LogP contribution in [-0.4, -0.2) is 54.4 Å². The maximum absolute atomic E-state index is 12.2. The summed E-state index contributed by atoms with van der Waals surface area (Å²) in [6.45, 7) is 4.36. The molecule has 1 aliphatic rings. The molecule has 2 amide bonds. The van der Waals surface area contributed by atoms with E-state index in [0.29, 0.717) is 12.1 Å². The number of hydrogen-bond donors (Lipinski definition) is 2. The van der Waals surface area contributed by atoms with E-state index in [4.69, 9.17) is 0 Å². The van der Waals surface area contributed by atoms with Crippen molar-refractivity contribution in [3.63, 3.8) is 0 Å². The van der Waals surface area contributed by atoms with Gasteiger partial charge in [0.05, 0.1) is 5.56 Å². The summed E-state index contributed by atoms with van der Waals surface area (Å²) in [5.41, 5.74) is 1.20. The summed E-state index contributed by atoms with van der Waals surface area (Å²) >= 11 is 0. The molecule has 1 fully saturated rings. The SMILES string of the molecule is CNC(=O)c1cncc(C=CC(=O)N2CCNCC2C)c1.Cl. The molecule has 120 valence electrons. The van der Waals surface area contributed by atoms with Gasteiger partial charge in [-0.3, -0.25) is 14.6 Å². The first-order chi connectivity index (χ1) is 10.1. The lowest BCUT2D eigenvalue weighted by Gasteiger charge is -2.33. The maximum Gasteiger partial charge on any atom is 0.252 e. The fourth-order valence-electron chi connectivity index (χ4n) is 2.25. The minimum absolute atomic E-state index is 0. The summed E-state index contributed by atoms with van der Waals surface area (Å²) < 4.78 is 0. The van der Waals surface area contributed by atoms with Crippen LogP contribution in [0.25, 0.3) is 6.08 Å². The predicted molar refractivity (Wildman–Crippen MR) is 88.0 cm³/mol. The molecule has 1 atom stereocenters. The van der Waals surface area contributed by atoms with E-state index in [2.05, 4.69) is 15.6 Å². The molecule has 7 heteroatoms. The third-order valence-electron chi connectivity index (χ3n) is 3.45. The maximum atomic E-state index is 12.2. The van der Waals surface area contributed by atoms with Gasteiger partial charge in [0.1, 0.15) is 0 Å². The van der Waals surface area contributed by atoms with Crippen LogP contribution >= 0.6 is 12.4 Å². The molecule has 1 unspecified atom stereocenters. The molecule has 6 nitrogen and oxygen atoms in total. The van der Waals surface area contributed by atoms with Gasteiger partial charge >= 0.3 is 0 Å². The van der Waals surface area contributed by atoms with Gasteiger partial charge in [-0.2, -0.15) is 0 Å². The van der Waals surface area contributed by atoms with Gasteiger partial charge in [-0.1, -0.05) is 0 Å². The van der Waals surface area contributed by atoms with Crippen LogP contribution in [0.4, 0.5) is 0 Å². The summed E-state index contributed by atoms with van der Waals surface area (Å²) in [6.07, 6.45) is 6.34. The number of piperazine rings is 1. The quantitative estimate of drug-likeness (QED) is 0.803. The number of aromatic nitrogens is 1. The van der Waals surface area contributed by atoms with Gasteiger partial charge in [0.25, 0.3) is 5.91 Å². The highest BCUT2D eigenvalue weighted by Crippen LogP contribution is 2.08. The molecule has 22 heavy (non-hydrogen) atoms. The van der Waals surface area contributed by atoms with E-state index in [9.17, 15) is 9.59 Å². The lowest BCUT2D eigenvalue weighted by Crippen LogP contribution is -2.51. The van der Waals surface area contributed by atoms with Gasteiger partial charge in [0.15, 0.2) is 0 Å². The number of pyridine rings is 1. The first-order valence-electron chi connectivity index (χ1n) is 6.98. The summed E-state index contributed by atoms with van der Waals surface area (Å²) in [4.78, 5) is 29.6. The molecular weight excluding hydrogens is 304 g/mol. The van der Waals surface area contributed by atoms with Crippen molar-refractivity contribution in [3.8, 4) is 0 Å². The number of rotatable bonds is 3. The van der Waals surface area contributed by atoms with Crippen molar-refractivity contribution in [1.82, 2.24) is 20.5 Å². The Kier molecular flexibility index (Phi) is 7.01. The van der Waals surface area contributed by atoms with Crippen molar-refractivity contribution < 1.29 is 9.59 Å². The van der Waals surface area contributed by atoms with Crippen LogP contribution < -0.4 is 10.6 Å². The second kappa shape index (κ2) is 8.51. The van der Waals surface area contributed by atoms with Gasteiger partial charge < -0.3 is 15.5 Å². The molecule has 1 aliphatic heterocycles. The van der Waals surface area contributed by atoms with Crippen molar-refractivity contribution in [2.45, 2.75) is 13.0 Å². The van der Waals surface area contributed by atoms with Crippen LogP contribution in [0, 0.1) is 0 Å². The number of amides is 2. The van der Waals surface area contributed by atoms with Gasteiger partial charge in [0.2, 0.25) is 5.91 Å². The highest BCUT2D eigenvalue weighted by molar-refractivity contribution is 5.95. The summed E-state index contributed by atoms with van der Waals surface area (Å²) in [5.74, 6) is -0.214. The smallest absolute Gasteiger partial charge is 0.252 e. The normalized spacial score (nSPS) is 17.9. The predicted octanol–water partition coefficient (Wildman–Crippen LogP) is 0.696. The molecule has 1 aromatic rings. The molecule has 0 saturated carbocycles. The van der Waals surface area contributed by atoms with E-state index < -0.39 is 0 Å². The van der Waals surface area contributed by atoms with E-state index in [1.54, 1.807) is 25.4 Å². The lowest BCUT2D eigenvalue weighted by atomic mass is 10.1. The number of carbonyl (C=O) groups excluding carboxylic acids is 2. The largest absolute Gasteiger partial charge is 0.355 e. The second-order valence-electron chi connectivity index (χ2n) is 5.00. The molecule has 2 heterocycles. The highest BCUT2D eigenvalue weighted by Gasteiger charge is 2.20. The Morgan fingerprint density at radius 2 is 2.23 bits per heavy atom. The minimum atomic E-state index is -0.195. The van der Waals surface area contributed by atoms with E-state index in [-0.39, 0.29) is 30.3 Å². The van der Waals surface area contributed by atoms with Crippen LogP contribution in [0.3, 0.4) is 0 Å². The summed E-state index contributed by atoms with van der Waals surface area (Å²) in [5, 5.41) is 5.79. The zero-order valence-corrected chi connectivity index (χ0v) is 13.5. The van der Waals surface area contributed by atoms with Gasteiger partial charge in [-0.25, -0.2) is 0 Å². The van der Waals surface area contributed by atoms with Crippen LogP contribution in [0.2, 0.25) is 0 Å². The molecule has 0 radical (unpaired) electrons. The number of carbonyl (C=O) groups is 2. The molecule has 1 saturated heterocycles. The molecule has 0 aromatic carbocycles. The van der Waals surface area contributed by atoms with Crippen molar-refractivity contribution in [1.29, 1.82) is 0 Å². The van der Waals surface area contributed by atoms with Gasteiger partial charge in [0, 0.05) is 51.2 Å². The Morgan fingerprint density at radius 3 is 2.91 bits per heavy atom. The third kappa shape index (κ3) is 4.54. The zero-order valence-electron chi connectivity index (χ0n) is 12.7. The molecule has 0 aliphatic carbocycles. The molecule has 0 bridgehead atoms. The Balaban J connectivity index is 0.00000242. The van der Waals surface area contributed by atoms with Crippen LogP contribution in [0.5, 0.6) is 0 Å². The van der Waals surface area contributed by atoms with Crippen LogP contribution in [0.15, 0.2) is 24.5 Å². The molecule has 0 spiro atoms. The highest BCUT2D eigenvalue weighted by atomic mass is 35.5.